The van der Waals surface area contributed by atoms with Gasteiger partial charge < -0.3 is 10.4 Å². The molecule has 84 valence electrons. The maximum atomic E-state index is 12.9. The molecule has 0 saturated carbocycles. The molecule has 15 heavy (non-hydrogen) atoms. The molecule has 0 aromatic heterocycles. The van der Waals surface area contributed by atoms with Crippen molar-refractivity contribution in [2.45, 2.75) is 25.8 Å². The van der Waals surface area contributed by atoms with Crippen LogP contribution in [0.2, 0.25) is 0 Å². The van der Waals surface area contributed by atoms with E-state index in [0.29, 0.717) is 4.47 Å². The summed E-state index contributed by atoms with van der Waals surface area (Å²) >= 11 is 3.13. The molecule has 0 heterocycles. The van der Waals surface area contributed by atoms with Crippen LogP contribution in [0.3, 0.4) is 0 Å². The van der Waals surface area contributed by atoms with Crippen molar-refractivity contribution in [1.29, 1.82) is 0 Å². The molecule has 0 aliphatic carbocycles. The van der Waals surface area contributed by atoms with Crippen molar-refractivity contribution in [3.8, 4) is 0 Å². The molecule has 0 saturated heterocycles. The van der Waals surface area contributed by atoms with Crippen molar-refractivity contribution in [2.24, 2.45) is 0 Å². The van der Waals surface area contributed by atoms with E-state index in [9.17, 15) is 4.39 Å². The molecule has 1 aromatic carbocycles. The van der Waals surface area contributed by atoms with Gasteiger partial charge in [-0.05, 0) is 53.9 Å². The zero-order valence-corrected chi connectivity index (χ0v) is 10.2. The molecule has 1 atom stereocenters. The van der Waals surface area contributed by atoms with Gasteiger partial charge in [-0.3, -0.25) is 0 Å². The Balaban J connectivity index is 2.53. The summed E-state index contributed by atoms with van der Waals surface area (Å²) in [4.78, 5) is 0. The van der Waals surface area contributed by atoms with Crippen molar-refractivity contribution in [1.82, 2.24) is 0 Å². The second kappa shape index (κ2) is 6.08. The van der Waals surface area contributed by atoms with Gasteiger partial charge in [-0.15, -0.1) is 0 Å². The van der Waals surface area contributed by atoms with Crippen molar-refractivity contribution in [2.75, 3.05) is 11.9 Å². The zero-order valence-electron chi connectivity index (χ0n) is 8.63. The number of nitrogens with one attached hydrogen (secondary N) is 1. The third kappa shape index (κ3) is 4.18. The summed E-state index contributed by atoms with van der Waals surface area (Å²) < 4.78 is 13.4. The lowest BCUT2D eigenvalue weighted by atomic mass is 10.2. The smallest absolute Gasteiger partial charge is 0.137 e. The molecular formula is C11H15BrFNO. The van der Waals surface area contributed by atoms with Gasteiger partial charge in [0.25, 0.3) is 0 Å². The van der Waals surface area contributed by atoms with E-state index in [1.54, 1.807) is 12.1 Å². The Morgan fingerprint density at radius 1 is 1.53 bits per heavy atom. The van der Waals surface area contributed by atoms with Crippen LogP contribution >= 0.6 is 15.9 Å². The topological polar surface area (TPSA) is 32.3 Å². The molecular weight excluding hydrogens is 261 g/mol. The standard InChI is InChI=1S/C11H15BrFNO/c1-8(3-2-6-15)14-9-4-5-11(13)10(12)7-9/h4-5,7-8,14-15H,2-3,6H2,1H3. The number of benzene rings is 1. The second-order valence-corrected chi connectivity index (χ2v) is 4.39. The molecule has 1 unspecified atom stereocenters. The Bertz CT molecular complexity index is 319. The summed E-state index contributed by atoms with van der Waals surface area (Å²) in [5.41, 5.74) is 0.883. The summed E-state index contributed by atoms with van der Waals surface area (Å²) in [5.74, 6) is -0.261. The molecule has 2 N–H and O–H groups in total. The van der Waals surface area contributed by atoms with E-state index in [0.717, 1.165) is 18.5 Å². The molecule has 0 amide bonds. The Kier molecular flexibility index (Phi) is 5.05. The predicted octanol–water partition coefficient (Wildman–Crippen LogP) is 3.16. The van der Waals surface area contributed by atoms with Crippen LogP contribution in [0.25, 0.3) is 0 Å². The minimum Gasteiger partial charge on any atom is -0.396 e. The number of rotatable bonds is 5. The van der Waals surface area contributed by atoms with Gasteiger partial charge in [-0.25, -0.2) is 4.39 Å². The summed E-state index contributed by atoms with van der Waals surface area (Å²) in [6.07, 6.45) is 1.67. The molecule has 0 radical (unpaired) electrons. The lowest BCUT2D eigenvalue weighted by Crippen LogP contribution is -2.15. The minimum absolute atomic E-state index is 0.207. The number of hydrogen-bond acceptors (Lipinski definition) is 2. The molecule has 0 aliphatic heterocycles. The molecule has 4 heteroatoms. The van der Waals surface area contributed by atoms with E-state index in [2.05, 4.69) is 21.2 Å². The quantitative estimate of drug-likeness (QED) is 0.865. The number of anilines is 1. The SMILES string of the molecule is CC(CCCO)Nc1ccc(F)c(Br)c1. The number of halogens is 2. The van der Waals surface area contributed by atoms with E-state index < -0.39 is 0 Å². The van der Waals surface area contributed by atoms with E-state index in [1.807, 2.05) is 6.92 Å². The fourth-order valence-corrected chi connectivity index (χ4v) is 1.72. The molecule has 0 bridgehead atoms. The fraction of sp³-hybridized carbons (Fsp3) is 0.455. The van der Waals surface area contributed by atoms with Gasteiger partial charge in [0, 0.05) is 18.3 Å². The number of aliphatic hydroxyl groups is 1. The average Bonchev–Trinajstić information content (AvgIpc) is 2.20. The Morgan fingerprint density at radius 3 is 2.87 bits per heavy atom. The average molecular weight is 276 g/mol. The molecule has 1 aromatic rings. The monoisotopic (exact) mass is 275 g/mol. The van der Waals surface area contributed by atoms with E-state index in [-0.39, 0.29) is 18.5 Å². The summed E-state index contributed by atoms with van der Waals surface area (Å²) in [7, 11) is 0. The van der Waals surface area contributed by atoms with Crippen molar-refractivity contribution < 1.29 is 9.50 Å². The largest absolute Gasteiger partial charge is 0.396 e. The molecule has 0 aliphatic rings. The van der Waals surface area contributed by atoms with Crippen LogP contribution in [-0.4, -0.2) is 17.8 Å². The first-order chi connectivity index (χ1) is 7.13. The highest BCUT2D eigenvalue weighted by atomic mass is 79.9. The molecule has 0 spiro atoms. The van der Waals surface area contributed by atoms with E-state index in [4.69, 9.17) is 5.11 Å². The van der Waals surface area contributed by atoms with Crippen molar-refractivity contribution in [3.05, 3.63) is 28.5 Å². The Labute approximate surface area is 97.6 Å². The van der Waals surface area contributed by atoms with Crippen LogP contribution in [0.4, 0.5) is 10.1 Å². The highest BCUT2D eigenvalue weighted by Crippen LogP contribution is 2.20. The van der Waals surface area contributed by atoms with Crippen LogP contribution < -0.4 is 5.32 Å². The Morgan fingerprint density at radius 2 is 2.27 bits per heavy atom. The number of hydrogen-bond donors (Lipinski definition) is 2. The van der Waals surface area contributed by atoms with Gasteiger partial charge in [0.2, 0.25) is 0 Å². The van der Waals surface area contributed by atoms with Crippen LogP contribution in [0.5, 0.6) is 0 Å². The normalized spacial score (nSPS) is 12.5. The first kappa shape index (κ1) is 12.5. The maximum Gasteiger partial charge on any atom is 0.137 e. The van der Waals surface area contributed by atoms with Gasteiger partial charge >= 0.3 is 0 Å². The van der Waals surface area contributed by atoms with Gasteiger partial charge in [-0.1, -0.05) is 0 Å². The number of aliphatic hydroxyl groups excluding tert-OH is 1. The van der Waals surface area contributed by atoms with Crippen LogP contribution in [-0.2, 0) is 0 Å². The van der Waals surface area contributed by atoms with E-state index in [1.165, 1.54) is 6.07 Å². The van der Waals surface area contributed by atoms with Crippen molar-refractivity contribution >= 4 is 21.6 Å². The summed E-state index contributed by atoms with van der Waals surface area (Å²) in [6.45, 7) is 2.24. The highest BCUT2D eigenvalue weighted by molar-refractivity contribution is 9.10. The molecule has 1 rings (SSSR count). The highest BCUT2D eigenvalue weighted by Gasteiger charge is 2.04. The van der Waals surface area contributed by atoms with Gasteiger partial charge in [0.1, 0.15) is 5.82 Å². The lowest BCUT2D eigenvalue weighted by Gasteiger charge is -2.14. The second-order valence-electron chi connectivity index (χ2n) is 3.54. The first-order valence-electron chi connectivity index (χ1n) is 4.96. The fourth-order valence-electron chi connectivity index (χ4n) is 1.34. The summed E-state index contributed by atoms with van der Waals surface area (Å²) in [5, 5.41) is 11.9. The van der Waals surface area contributed by atoms with Gasteiger partial charge in [0.05, 0.1) is 4.47 Å². The molecule has 0 fully saturated rings. The Hall–Kier alpha value is -0.610. The molecule has 2 nitrogen and oxygen atoms in total. The summed E-state index contributed by atoms with van der Waals surface area (Å²) in [6, 6.07) is 5.11. The third-order valence-electron chi connectivity index (χ3n) is 2.13. The lowest BCUT2D eigenvalue weighted by molar-refractivity contribution is 0.282. The predicted molar refractivity (Wildman–Crippen MR) is 63.5 cm³/mol. The minimum atomic E-state index is -0.261. The van der Waals surface area contributed by atoms with Gasteiger partial charge in [0.15, 0.2) is 0 Å². The van der Waals surface area contributed by atoms with Crippen LogP contribution in [0.1, 0.15) is 19.8 Å². The van der Waals surface area contributed by atoms with Crippen molar-refractivity contribution in [3.63, 3.8) is 0 Å². The van der Waals surface area contributed by atoms with E-state index >= 15 is 0 Å². The zero-order chi connectivity index (χ0) is 11.3. The first-order valence-corrected chi connectivity index (χ1v) is 5.75. The van der Waals surface area contributed by atoms with Crippen LogP contribution in [0, 0.1) is 5.82 Å². The maximum absolute atomic E-state index is 12.9. The third-order valence-corrected chi connectivity index (χ3v) is 2.74. The van der Waals surface area contributed by atoms with Gasteiger partial charge in [-0.2, -0.15) is 0 Å². The van der Waals surface area contributed by atoms with Crippen LogP contribution in [0.15, 0.2) is 22.7 Å².